The Bertz CT molecular complexity index is 819. The number of esters is 2. The van der Waals surface area contributed by atoms with Gasteiger partial charge in [0.05, 0.1) is 12.2 Å². The number of unbranched alkanes of at least 4 members (excludes halogenated alkanes) is 17. The molecule has 1 aliphatic heterocycles. The standard InChI is InChI=1S/C41H72O6/c1-3-5-7-8-9-10-11-12-13-14-15-19-22-25-29-33-40(43)45-35-37(42)36-46-41(44)34-30-26-23-20-17-16-18-21-24-28-32-39-38(47-39)31-27-6-4-2/h16,18,20,23-24,28,37-39,42H,3-15,17,19,21-22,25-27,29-36H2,1-2H3/b18-16-,23-20-,28-24-/t37-,38?,39?/m0/s1. The summed E-state index contributed by atoms with van der Waals surface area (Å²) in [6.07, 6.45) is 42.3. The number of hydrogen-bond donors (Lipinski definition) is 1. The van der Waals surface area contributed by atoms with Crippen LogP contribution in [-0.2, 0) is 23.8 Å². The molecule has 0 radical (unpaired) electrons. The van der Waals surface area contributed by atoms with Crippen molar-refractivity contribution in [3.63, 3.8) is 0 Å². The molecule has 0 aromatic rings. The third-order valence-corrected chi connectivity index (χ3v) is 8.80. The number of allylic oxidation sites excluding steroid dienone is 5. The summed E-state index contributed by atoms with van der Waals surface area (Å²) in [6.45, 7) is 4.22. The van der Waals surface area contributed by atoms with E-state index in [-0.39, 0.29) is 25.2 Å². The average Bonchev–Trinajstić information content (AvgIpc) is 3.82. The molecule has 47 heavy (non-hydrogen) atoms. The van der Waals surface area contributed by atoms with E-state index in [1.807, 2.05) is 0 Å². The molecular weight excluding hydrogens is 588 g/mol. The van der Waals surface area contributed by atoms with Crippen molar-refractivity contribution in [2.45, 2.75) is 199 Å². The van der Waals surface area contributed by atoms with Crippen LogP contribution in [0.25, 0.3) is 0 Å². The molecule has 0 aromatic heterocycles. The van der Waals surface area contributed by atoms with Crippen molar-refractivity contribution in [1.82, 2.24) is 0 Å². The van der Waals surface area contributed by atoms with Crippen LogP contribution in [0.3, 0.4) is 0 Å². The molecule has 1 fully saturated rings. The first-order valence-electron chi connectivity index (χ1n) is 19.7. The van der Waals surface area contributed by atoms with E-state index in [0.717, 1.165) is 44.9 Å². The molecule has 0 bridgehead atoms. The van der Waals surface area contributed by atoms with Gasteiger partial charge in [-0.15, -0.1) is 0 Å². The molecule has 1 N–H and O–H groups in total. The quantitative estimate of drug-likeness (QED) is 0.0320. The highest BCUT2D eigenvalue weighted by molar-refractivity contribution is 5.69. The fourth-order valence-corrected chi connectivity index (χ4v) is 5.70. The van der Waals surface area contributed by atoms with Crippen molar-refractivity contribution in [3.05, 3.63) is 36.5 Å². The van der Waals surface area contributed by atoms with Crippen molar-refractivity contribution >= 4 is 11.9 Å². The molecule has 0 spiro atoms. The van der Waals surface area contributed by atoms with Crippen LogP contribution in [0.15, 0.2) is 36.5 Å². The maximum absolute atomic E-state index is 12.0. The number of ether oxygens (including phenoxy) is 3. The zero-order valence-electron chi connectivity index (χ0n) is 30.5. The van der Waals surface area contributed by atoms with Crippen molar-refractivity contribution in [1.29, 1.82) is 0 Å². The normalized spacial score (nSPS) is 16.8. The van der Waals surface area contributed by atoms with Gasteiger partial charge in [0.2, 0.25) is 0 Å². The number of aliphatic hydroxyl groups excluding tert-OH is 1. The van der Waals surface area contributed by atoms with E-state index in [0.29, 0.717) is 31.5 Å². The Morgan fingerprint density at radius 1 is 0.574 bits per heavy atom. The van der Waals surface area contributed by atoms with E-state index >= 15 is 0 Å². The van der Waals surface area contributed by atoms with Gasteiger partial charge in [0.25, 0.3) is 0 Å². The van der Waals surface area contributed by atoms with E-state index < -0.39 is 6.10 Å². The molecule has 0 aromatic carbocycles. The predicted molar refractivity (Wildman–Crippen MR) is 195 cm³/mol. The molecule has 3 atom stereocenters. The first kappa shape index (κ1) is 43.1. The lowest BCUT2D eigenvalue weighted by Gasteiger charge is -2.12. The minimum Gasteiger partial charge on any atom is -0.463 e. The highest BCUT2D eigenvalue weighted by Crippen LogP contribution is 2.30. The first-order valence-corrected chi connectivity index (χ1v) is 19.7. The molecule has 1 rings (SSSR count). The monoisotopic (exact) mass is 661 g/mol. The summed E-state index contributed by atoms with van der Waals surface area (Å²) >= 11 is 0. The predicted octanol–water partition coefficient (Wildman–Crippen LogP) is 11.1. The van der Waals surface area contributed by atoms with Gasteiger partial charge in [-0.05, 0) is 44.9 Å². The molecular formula is C41H72O6. The van der Waals surface area contributed by atoms with E-state index in [2.05, 4.69) is 50.3 Å². The fraction of sp³-hybridized carbons (Fsp3) is 0.805. The molecule has 6 nitrogen and oxygen atoms in total. The maximum Gasteiger partial charge on any atom is 0.305 e. The molecule has 1 aliphatic rings. The third kappa shape index (κ3) is 29.9. The number of carbonyl (C=O) groups excluding carboxylic acids is 2. The van der Waals surface area contributed by atoms with E-state index in [1.54, 1.807) is 0 Å². The highest BCUT2D eigenvalue weighted by atomic mass is 16.6. The van der Waals surface area contributed by atoms with Crippen LogP contribution in [0.5, 0.6) is 0 Å². The second kappa shape index (κ2) is 32.6. The van der Waals surface area contributed by atoms with Gasteiger partial charge in [-0.1, -0.05) is 159 Å². The topological polar surface area (TPSA) is 85.4 Å². The lowest BCUT2D eigenvalue weighted by Crippen LogP contribution is -2.25. The Hall–Kier alpha value is -1.92. The Morgan fingerprint density at radius 2 is 1.02 bits per heavy atom. The fourth-order valence-electron chi connectivity index (χ4n) is 5.70. The molecule has 2 unspecified atom stereocenters. The van der Waals surface area contributed by atoms with Gasteiger partial charge in [0.1, 0.15) is 19.3 Å². The maximum atomic E-state index is 12.0. The molecule has 0 saturated carbocycles. The number of hydrogen-bond acceptors (Lipinski definition) is 6. The van der Waals surface area contributed by atoms with Gasteiger partial charge in [-0.2, -0.15) is 0 Å². The van der Waals surface area contributed by atoms with Crippen LogP contribution in [0.1, 0.15) is 181 Å². The van der Waals surface area contributed by atoms with Crippen LogP contribution in [0, 0.1) is 0 Å². The Balaban J connectivity index is 1.85. The van der Waals surface area contributed by atoms with Crippen LogP contribution in [0.4, 0.5) is 0 Å². The summed E-state index contributed by atoms with van der Waals surface area (Å²) in [6, 6.07) is 0. The summed E-state index contributed by atoms with van der Waals surface area (Å²) in [4.78, 5) is 23.9. The van der Waals surface area contributed by atoms with Crippen LogP contribution in [-0.4, -0.2) is 48.6 Å². The Kier molecular flexibility index (Phi) is 29.9. The molecule has 0 amide bonds. The van der Waals surface area contributed by atoms with Gasteiger partial charge in [-0.25, -0.2) is 0 Å². The molecule has 0 aliphatic carbocycles. The number of aliphatic hydroxyl groups is 1. The van der Waals surface area contributed by atoms with Gasteiger partial charge in [0, 0.05) is 12.8 Å². The minimum absolute atomic E-state index is 0.134. The third-order valence-electron chi connectivity index (χ3n) is 8.80. The second-order valence-electron chi connectivity index (χ2n) is 13.4. The van der Waals surface area contributed by atoms with Crippen LogP contribution in [0.2, 0.25) is 0 Å². The van der Waals surface area contributed by atoms with Crippen LogP contribution < -0.4 is 0 Å². The largest absolute Gasteiger partial charge is 0.463 e. The van der Waals surface area contributed by atoms with Crippen molar-refractivity contribution in [3.8, 4) is 0 Å². The highest BCUT2D eigenvalue weighted by Gasteiger charge is 2.36. The smallest absolute Gasteiger partial charge is 0.305 e. The summed E-state index contributed by atoms with van der Waals surface area (Å²) in [5.41, 5.74) is 0. The zero-order chi connectivity index (χ0) is 34.0. The van der Waals surface area contributed by atoms with Crippen molar-refractivity contribution in [2.24, 2.45) is 0 Å². The molecule has 1 heterocycles. The molecule has 6 heteroatoms. The van der Waals surface area contributed by atoms with E-state index in [9.17, 15) is 14.7 Å². The van der Waals surface area contributed by atoms with Gasteiger partial charge in [0.15, 0.2) is 0 Å². The van der Waals surface area contributed by atoms with E-state index in [1.165, 1.54) is 103 Å². The lowest BCUT2D eigenvalue weighted by atomic mass is 10.0. The number of carbonyl (C=O) groups is 2. The molecule has 1 saturated heterocycles. The minimum atomic E-state index is -0.986. The van der Waals surface area contributed by atoms with Gasteiger partial charge < -0.3 is 19.3 Å². The lowest BCUT2D eigenvalue weighted by molar-refractivity contribution is -0.152. The summed E-state index contributed by atoms with van der Waals surface area (Å²) in [5.74, 6) is -0.629. The first-order chi connectivity index (χ1) is 23.1. The number of rotatable bonds is 34. The number of epoxide rings is 1. The summed E-state index contributed by atoms with van der Waals surface area (Å²) in [7, 11) is 0. The van der Waals surface area contributed by atoms with Gasteiger partial charge >= 0.3 is 11.9 Å². The van der Waals surface area contributed by atoms with Crippen molar-refractivity contribution < 1.29 is 28.9 Å². The Labute approximate surface area is 289 Å². The average molecular weight is 661 g/mol. The Morgan fingerprint density at radius 3 is 1.57 bits per heavy atom. The van der Waals surface area contributed by atoms with Crippen LogP contribution >= 0.6 is 0 Å². The van der Waals surface area contributed by atoms with Gasteiger partial charge in [-0.3, -0.25) is 9.59 Å². The SMILES string of the molecule is CCCCCCCCCCCCCCCCCC(=O)OC[C@H](O)COC(=O)CCC/C=C\C/C=C\C/C=C\CC1OC1CCCCC. The summed E-state index contributed by atoms with van der Waals surface area (Å²) < 4.78 is 16.0. The summed E-state index contributed by atoms with van der Waals surface area (Å²) in [5, 5.41) is 10.0. The van der Waals surface area contributed by atoms with Crippen molar-refractivity contribution in [2.75, 3.05) is 13.2 Å². The molecule has 272 valence electrons. The van der Waals surface area contributed by atoms with E-state index in [4.69, 9.17) is 14.2 Å². The zero-order valence-corrected chi connectivity index (χ0v) is 30.5. The second-order valence-corrected chi connectivity index (χ2v) is 13.4.